The van der Waals surface area contributed by atoms with E-state index in [4.69, 9.17) is 14.4 Å². The predicted molar refractivity (Wildman–Crippen MR) is 111 cm³/mol. The van der Waals surface area contributed by atoms with Crippen LogP contribution in [0.3, 0.4) is 0 Å². The van der Waals surface area contributed by atoms with Gasteiger partial charge >= 0.3 is 12.1 Å². The van der Waals surface area contributed by atoms with Gasteiger partial charge in [-0.3, -0.25) is 9.78 Å². The molecule has 0 atom stereocenters. The van der Waals surface area contributed by atoms with E-state index < -0.39 is 12.1 Å². The highest BCUT2D eigenvalue weighted by Crippen LogP contribution is 2.26. The van der Waals surface area contributed by atoms with E-state index >= 15 is 0 Å². The summed E-state index contributed by atoms with van der Waals surface area (Å²) in [5, 5.41) is 16.1. The standard InChI is InChI=1S/C17H17N3O2S2.C2HF3O2/c21-17(19-7-5-13-3-1-6-18-10-13)12-23-11-14-9-15(22-20-14)16-4-2-8-24-16;3-2(4,5)1(6)7/h1-4,6,8-10H,5,7,11-12H2,(H,19,21);(H,6,7). The summed E-state index contributed by atoms with van der Waals surface area (Å²) in [5.41, 5.74) is 1.97. The van der Waals surface area contributed by atoms with E-state index in [0.717, 1.165) is 28.3 Å². The van der Waals surface area contributed by atoms with Gasteiger partial charge in [0.25, 0.3) is 0 Å². The fourth-order valence-corrected chi connectivity index (χ4v) is 3.51. The number of carboxylic acids is 1. The average molecular weight is 473 g/mol. The predicted octanol–water partition coefficient (Wildman–Crippen LogP) is 4.02. The Morgan fingerprint density at radius 1 is 1.26 bits per heavy atom. The molecule has 0 radical (unpaired) electrons. The first-order valence-electron chi connectivity index (χ1n) is 8.78. The van der Waals surface area contributed by atoms with Crippen molar-refractivity contribution in [2.45, 2.75) is 18.3 Å². The molecular formula is C19H18F3N3O4S2. The van der Waals surface area contributed by atoms with E-state index in [9.17, 15) is 18.0 Å². The fraction of sp³-hybridized carbons (Fsp3) is 0.263. The van der Waals surface area contributed by atoms with Crippen LogP contribution in [-0.2, 0) is 21.8 Å². The zero-order valence-electron chi connectivity index (χ0n) is 16.0. The summed E-state index contributed by atoms with van der Waals surface area (Å²) in [6.45, 7) is 0.623. The first kappa shape index (κ1) is 24.4. The Kier molecular flexibility index (Phi) is 9.53. The summed E-state index contributed by atoms with van der Waals surface area (Å²) in [6, 6.07) is 9.81. The Morgan fingerprint density at radius 3 is 2.65 bits per heavy atom. The van der Waals surface area contributed by atoms with Crippen molar-refractivity contribution in [1.82, 2.24) is 15.5 Å². The Morgan fingerprint density at radius 2 is 2.03 bits per heavy atom. The SMILES string of the molecule is O=C(CSCc1cc(-c2cccs2)on1)NCCc1cccnc1.O=C(O)C(F)(F)F. The van der Waals surface area contributed by atoms with Crippen molar-refractivity contribution in [1.29, 1.82) is 0 Å². The lowest BCUT2D eigenvalue weighted by atomic mass is 10.2. The highest BCUT2D eigenvalue weighted by molar-refractivity contribution is 7.99. The first-order valence-corrected chi connectivity index (χ1v) is 10.8. The number of hydrogen-bond donors (Lipinski definition) is 2. The summed E-state index contributed by atoms with van der Waals surface area (Å²) in [5.74, 6) is -0.876. The van der Waals surface area contributed by atoms with Gasteiger partial charge in [-0.05, 0) is 29.5 Å². The number of amides is 1. The highest BCUT2D eigenvalue weighted by atomic mass is 32.2. The van der Waals surface area contributed by atoms with Crippen molar-refractivity contribution in [3.63, 3.8) is 0 Å². The van der Waals surface area contributed by atoms with E-state index in [0.29, 0.717) is 18.1 Å². The van der Waals surface area contributed by atoms with Crippen molar-refractivity contribution in [2.24, 2.45) is 0 Å². The van der Waals surface area contributed by atoms with Crippen molar-refractivity contribution in [3.8, 4) is 10.6 Å². The third-order valence-corrected chi connectivity index (χ3v) is 5.36. The highest BCUT2D eigenvalue weighted by Gasteiger charge is 2.38. The van der Waals surface area contributed by atoms with Crippen LogP contribution in [0.25, 0.3) is 10.6 Å². The van der Waals surface area contributed by atoms with Gasteiger partial charge in [0.15, 0.2) is 5.76 Å². The number of aliphatic carboxylic acids is 1. The number of thioether (sulfide) groups is 1. The zero-order chi connectivity index (χ0) is 22.7. The van der Waals surface area contributed by atoms with Gasteiger partial charge in [0.05, 0.1) is 16.3 Å². The molecule has 2 N–H and O–H groups in total. The number of carbonyl (C=O) groups is 2. The smallest absolute Gasteiger partial charge is 0.475 e. The molecule has 0 spiro atoms. The van der Waals surface area contributed by atoms with E-state index in [1.54, 1.807) is 17.5 Å². The normalized spacial score (nSPS) is 10.8. The average Bonchev–Trinajstić information content (AvgIpc) is 3.40. The Labute approximate surface area is 183 Å². The lowest BCUT2D eigenvalue weighted by Gasteiger charge is -2.04. The Balaban J connectivity index is 0.000000423. The molecule has 7 nitrogen and oxygen atoms in total. The molecule has 0 bridgehead atoms. The molecule has 3 aromatic heterocycles. The monoisotopic (exact) mass is 473 g/mol. The maximum Gasteiger partial charge on any atom is 0.490 e. The molecule has 31 heavy (non-hydrogen) atoms. The van der Waals surface area contributed by atoms with Crippen LogP contribution in [0.2, 0.25) is 0 Å². The molecule has 3 rings (SSSR count). The Bertz CT molecular complexity index is 948. The van der Waals surface area contributed by atoms with Crippen LogP contribution in [0.1, 0.15) is 11.3 Å². The Hall–Kier alpha value is -2.86. The number of alkyl halides is 3. The van der Waals surface area contributed by atoms with Crippen LogP contribution in [0, 0.1) is 0 Å². The minimum atomic E-state index is -5.08. The van der Waals surface area contributed by atoms with Crippen LogP contribution < -0.4 is 5.32 Å². The van der Waals surface area contributed by atoms with Crippen molar-refractivity contribution in [2.75, 3.05) is 12.3 Å². The number of nitrogens with one attached hydrogen (secondary N) is 1. The number of pyridine rings is 1. The van der Waals surface area contributed by atoms with Crippen LogP contribution >= 0.6 is 23.1 Å². The van der Waals surface area contributed by atoms with Crippen molar-refractivity contribution < 1.29 is 32.4 Å². The summed E-state index contributed by atoms with van der Waals surface area (Å²) in [6.07, 6.45) is -0.735. The number of carboxylic acid groups (broad SMARTS) is 1. The molecule has 0 aliphatic carbocycles. The van der Waals surface area contributed by atoms with Gasteiger partial charge in [-0.25, -0.2) is 4.79 Å². The van der Waals surface area contributed by atoms with Gasteiger partial charge in [0.2, 0.25) is 5.91 Å². The largest absolute Gasteiger partial charge is 0.490 e. The molecule has 0 aliphatic rings. The molecule has 0 unspecified atom stereocenters. The van der Waals surface area contributed by atoms with Gasteiger partial charge in [-0.15, -0.1) is 23.1 Å². The van der Waals surface area contributed by atoms with E-state index in [2.05, 4.69) is 15.5 Å². The van der Waals surface area contributed by atoms with E-state index in [1.807, 2.05) is 41.9 Å². The molecule has 3 heterocycles. The molecule has 0 saturated carbocycles. The molecular weight excluding hydrogens is 455 g/mol. The third-order valence-electron chi connectivity index (χ3n) is 3.51. The quantitative estimate of drug-likeness (QED) is 0.509. The summed E-state index contributed by atoms with van der Waals surface area (Å²) in [7, 11) is 0. The number of aromatic nitrogens is 2. The van der Waals surface area contributed by atoms with Gasteiger partial charge < -0.3 is 14.9 Å². The van der Waals surface area contributed by atoms with Gasteiger partial charge in [0.1, 0.15) is 0 Å². The molecule has 3 aromatic rings. The molecule has 0 aliphatic heterocycles. The number of hydrogen-bond acceptors (Lipinski definition) is 7. The number of carbonyl (C=O) groups excluding carboxylic acids is 1. The summed E-state index contributed by atoms with van der Waals surface area (Å²) < 4.78 is 37.1. The molecule has 0 saturated heterocycles. The summed E-state index contributed by atoms with van der Waals surface area (Å²) >= 11 is 3.14. The molecule has 12 heteroatoms. The number of halogens is 3. The second-order valence-electron chi connectivity index (χ2n) is 5.92. The number of thiophene rings is 1. The van der Waals surface area contributed by atoms with Crippen molar-refractivity contribution in [3.05, 3.63) is 59.4 Å². The number of nitrogens with zero attached hydrogens (tertiary/aromatic N) is 2. The topological polar surface area (TPSA) is 105 Å². The minimum Gasteiger partial charge on any atom is -0.475 e. The second kappa shape index (κ2) is 12.1. The zero-order valence-corrected chi connectivity index (χ0v) is 17.6. The van der Waals surface area contributed by atoms with E-state index in [1.165, 1.54) is 11.8 Å². The van der Waals surface area contributed by atoms with E-state index in [-0.39, 0.29) is 5.91 Å². The lowest BCUT2D eigenvalue weighted by molar-refractivity contribution is -0.192. The van der Waals surface area contributed by atoms with Crippen LogP contribution in [0.5, 0.6) is 0 Å². The molecule has 0 fully saturated rings. The van der Waals surface area contributed by atoms with Crippen LogP contribution in [0.4, 0.5) is 13.2 Å². The molecule has 0 aromatic carbocycles. The van der Waals surface area contributed by atoms with Crippen molar-refractivity contribution >= 4 is 35.0 Å². The second-order valence-corrected chi connectivity index (χ2v) is 7.85. The maximum atomic E-state index is 11.8. The van der Waals surface area contributed by atoms with Gasteiger partial charge in [-0.1, -0.05) is 17.3 Å². The molecule has 1 amide bonds. The van der Waals surface area contributed by atoms with Crippen LogP contribution in [0.15, 0.2) is 52.6 Å². The summed E-state index contributed by atoms with van der Waals surface area (Å²) in [4.78, 5) is 25.8. The number of rotatable bonds is 8. The van der Waals surface area contributed by atoms with Crippen LogP contribution in [-0.4, -0.2) is 45.6 Å². The maximum absolute atomic E-state index is 11.8. The molecule has 166 valence electrons. The fourth-order valence-electron chi connectivity index (χ4n) is 2.11. The van der Waals surface area contributed by atoms with Gasteiger partial charge in [0, 0.05) is 30.8 Å². The third kappa shape index (κ3) is 9.22. The van der Waals surface area contributed by atoms with Gasteiger partial charge in [-0.2, -0.15) is 13.2 Å². The minimum absolute atomic E-state index is 0.0332. The first-order chi connectivity index (χ1) is 14.8. The lowest BCUT2D eigenvalue weighted by Crippen LogP contribution is -2.27.